The van der Waals surface area contributed by atoms with Crippen LogP contribution in [0.5, 0.6) is 0 Å². The Morgan fingerprint density at radius 2 is 2.05 bits per heavy atom. The van der Waals surface area contributed by atoms with Crippen molar-refractivity contribution in [2.45, 2.75) is 40.0 Å². The Morgan fingerprint density at radius 3 is 2.81 bits per heavy atom. The first-order valence-electron chi connectivity index (χ1n) is 7.57. The summed E-state index contributed by atoms with van der Waals surface area (Å²) >= 11 is 6.05. The van der Waals surface area contributed by atoms with Gasteiger partial charge in [-0.3, -0.25) is 5.10 Å². The van der Waals surface area contributed by atoms with Crippen molar-refractivity contribution < 1.29 is 0 Å². The van der Waals surface area contributed by atoms with Crippen LogP contribution in [0.25, 0.3) is 11.0 Å². The van der Waals surface area contributed by atoms with Gasteiger partial charge in [-0.25, -0.2) is 0 Å². The molecule has 3 rings (SSSR count). The van der Waals surface area contributed by atoms with E-state index in [1.165, 1.54) is 19.3 Å². The molecule has 2 aromatic heterocycles. The molecule has 1 aliphatic rings. The van der Waals surface area contributed by atoms with Crippen molar-refractivity contribution in [3.8, 4) is 0 Å². The first kappa shape index (κ1) is 14.6. The first-order chi connectivity index (χ1) is 9.95. The Morgan fingerprint density at radius 1 is 1.24 bits per heavy atom. The molecule has 1 fully saturated rings. The molecule has 3 heterocycles. The maximum atomic E-state index is 6.05. The molecule has 0 spiro atoms. The number of hydrogen-bond donors (Lipinski definition) is 1. The van der Waals surface area contributed by atoms with Crippen LogP contribution in [0.1, 0.15) is 40.0 Å². The zero-order valence-electron chi connectivity index (χ0n) is 12.9. The van der Waals surface area contributed by atoms with Crippen LogP contribution in [-0.2, 0) is 0 Å². The average molecular weight is 308 g/mol. The van der Waals surface area contributed by atoms with Gasteiger partial charge in [-0.2, -0.15) is 15.1 Å². The Bertz CT molecular complexity index is 631. The Labute approximate surface area is 130 Å². The number of H-pyrrole nitrogens is 1. The molecule has 0 bridgehead atoms. The second kappa shape index (κ2) is 5.44. The smallest absolute Gasteiger partial charge is 0.226 e. The molecule has 2 aromatic rings. The summed E-state index contributed by atoms with van der Waals surface area (Å²) in [6.45, 7) is 9.03. The SMILES string of the molecule is CC(C)(C)C1CCCN(c2nc(Cl)nc3[nH]ncc23)CC1. The van der Waals surface area contributed by atoms with Crippen molar-refractivity contribution in [1.82, 2.24) is 20.2 Å². The molecule has 1 saturated heterocycles. The summed E-state index contributed by atoms with van der Waals surface area (Å²) in [4.78, 5) is 11.0. The summed E-state index contributed by atoms with van der Waals surface area (Å²) < 4.78 is 0. The predicted molar refractivity (Wildman–Crippen MR) is 85.7 cm³/mol. The fourth-order valence-electron chi connectivity index (χ4n) is 3.21. The van der Waals surface area contributed by atoms with Crippen molar-refractivity contribution in [1.29, 1.82) is 0 Å². The summed E-state index contributed by atoms with van der Waals surface area (Å²) in [5.74, 6) is 1.66. The Kier molecular flexibility index (Phi) is 3.78. The summed E-state index contributed by atoms with van der Waals surface area (Å²) in [5.41, 5.74) is 1.08. The van der Waals surface area contributed by atoms with Crippen LogP contribution in [0.15, 0.2) is 6.20 Å². The molecular formula is C15H22ClN5. The topological polar surface area (TPSA) is 57.7 Å². The standard InChI is InChI=1S/C15H22ClN5/c1-15(2,3)10-5-4-7-21(8-6-10)13-11-9-17-20-12(11)18-14(16)19-13/h9-10H,4-8H2,1-3H3,(H,17,18,19,20). The van der Waals surface area contributed by atoms with E-state index in [1.807, 2.05) is 0 Å². The zero-order chi connectivity index (χ0) is 15.0. The summed E-state index contributed by atoms with van der Waals surface area (Å²) in [6.07, 6.45) is 5.42. The van der Waals surface area contributed by atoms with Gasteiger partial charge >= 0.3 is 0 Å². The van der Waals surface area contributed by atoms with E-state index >= 15 is 0 Å². The fourth-order valence-corrected chi connectivity index (χ4v) is 3.37. The highest BCUT2D eigenvalue weighted by molar-refractivity contribution is 6.28. The van der Waals surface area contributed by atoms with Crippen LogP contribution in [-0.4, -0.2) is 33.3 Å². The molecule has 21 heavy (non-hydrogen) atoms. The molecule has 5 nitrogen and oxygen atoms in total. The van der Waals surface area contributed by atoms with Crippen molar-refractivity contribution in [3.63, 3.8) is 0 Å². The van der Waals surface area contributed by atoms with E-state index in [-0.39, 0.29) is 5.28 Å². The lowest BCUT2D eigenvalue weighted by molar-refractivity contribution is 0.220. The number of nitrogens with one attached hydrogen (secondary N) is 1. The van der Waals surface area contributed by atoms with Crippen LogP contribution in [0.2, 0.25) is 5.28 Å². The fraction of sp³-hybridized carbons (Fsp3) is 0.667. The van der Waals surface area contributed by atoms with Gasteiger partial charge in [0.1, 0.15) is 5.82 Å². The molecule has 0 amide bonds. The molecule has 6 heteroatoms. The van der Waals surface area contributed by atoms with E-state index in [0.29, 0.717) is 11.1 Å². The monoisotopic (exact) mass is 307 g/mol. The van der Waals surface area contributed by atoms with Crippen molar-refractivity contribution in [2.24, 2.45) is 11.3 Å². The number of anilines is 1. The van der Waals surface area contributed by atoms with E-state index in [4.69, 9.17) is 11.6 Å². The molecule has 114 valence electrons. The lowest BCUT2D eigenvalue weighted by Crippen LogP contribution is -2.27. The van der Waals surface area contributed by atoms with E-state index in [9.17, 15) is 0 Å². The molecule has 1 N–H and O–H groups in total. The third kappa shape index (κ3) is 2.98. The largest absolute Gasteiger partial charge is 0.356 e. The quantitative estimate of drug-likeness (QED) is 0.817. The molecule has 0 aliphatic carbocycles. The van der Waals surface area contributed by atoms with Crippen molar-refractivity contribution in [3.05, 3.63) is 11.5 Å². The molecule has 0 aromatic carbocycles. The van der Waals surface area contributed by atoms with Gasteiger partial charge < -0.3 is 4.90 Å². The van der Waals surface area contributed by atoms with E-state index < -0.39 is 0 Å². The molecule has 1 aliphatic heterocycles. The second-order valence-corrected chi connectivity index (χ2v) is 7.27. The van der Waals surface area contributed by atoms with Crippen molar-refractivity contribution >= 4 is 28.5 Å². The number of fused-ring (bicyclic) bond motifs is 1. The Hall–Kier alpha value is -1.36. The van der Waals surface area contributed by atoms with Gasteiger partial charge in [0.2, 0.25) is 5.28 Å². The van der Waals surface area contributed by atoms with Gasteiger partial charge in [0.15, 0.2) is 5.65 Å². The van der Waals surface area contributed by atoms with Gasteiger partial charge in [0.05, 0.1) is 11.6 Å². The molecular weight excluding hydrogens is 286 g/mol. The molecule has 0 radical (unpaired) electrons. The summed E-state index contributed by atoms with van der Waals surface area (Å²) in [5, 5.41) is 8.17. The van der Waals surface area contributed by atoms with Crippen LogP contribution in [0, 0.1) is 11.3 Å². The molecule has 1 unspecified atom stereocenters. The van der Waals surface area contributed by atoms with Crippen LogP contribution >= 0.6 is 11.6 Å². The van der Waals surface area contributed by atoms with Gasteiger partial charge in [-0.15, -0.1) is 0 Å². The van der Waals surface area contributed by atoms with Crippen molar-refractivity contribution in [2.75, 3.05) is 18.0 Å². The minimum absolute atomic E-state index is 0.276. The molecule has 0 saturated carbocycles. The summed E-state index contributed by atoms with van der Waals surface area (Å²) in [6, 6.07) is 0. The van der Waals surface area contributed by atoms with Gasteiger partial charge in [-0.05, 0) is 42.2 Å². The number of halogens is 1. The highest BCUT2D eigenvalue weighted by atomic mass is 35.5. The van der Waals surface area contributed by atoms with E-state index in [2.05, 4.69) is 45.8 Å². The van der Waals surface area contributed by atoms with Gasteiger partial charge in [-0.1, -0.05) is 20.8 Å². The number of hydrogen-bond acceptors (Lipinski definition) is 4. The first-order valence-corrected chi connectivity index (χ1v) is 7.94. The van der Waals surface area contributed by atoms with E-state index in [0.717, 1.165) is 30.2 Å². The van der Waals surface area contributed by atoms with Gasteiger partial charge in [0, 0.05) is 13.1 Å². The third-order valence-corrected chi connectivity index (χ3v) is 4.68. The number of rotatable bonds is 1. The third-order valence-electron chi connectivity index (χ3n) is 4.51. The number of nitrogens with zero attached hydrogens (tertiary/aromatic N) is 4. The lowest BCUT2D eigenvalue weighted by atomic mass is 9.77. The maximum Gasteiger partial charge on any atom is 0.226 e. The lowest BCUT2D eigenvalue weighted by Gasteiger charge is -2.30. The normalized spacial score (nSPS) is 20.8. The predicted octanol–water partition coefficient (Wildman–Crippen LogP) is 3.66. The molecule has 1 atom stereocenters. The second-order valence-electron chi connectivity index (χ2n) is 6.93. The van der Waals surface area contributed by atoms with Crippen LogP contribution in [0.3, 0.4) is 0 Å². The maximum absolute atomic E-state index is 6.05. The van der Waals surface area contributed by atoms with Crippen LogP contribution in [0.4, 0.5) is 5.82 Å². The number of aromatic amines is 1. The van der Waals surface area contributed by atoms with Gasteiger partial charge in [0.25, 0.3) is 0 Å². The highest BCUT2D eigenvalue weighted by Gasteiger charge is 2.28. The number of aromatic nitrogens is 4. The minimum atomic E-state index is 0.276. The van der Waals surface area contributed by atoms with Crippen LogP contribution < -0.4 is 4.90 Å². The zero-order valence-corrected chi connectivity index (χ0v) is 13.6. The minimum Gasteiger partial charge on any atom is -0.356 e. The average Bonchev–Trinajstić information content (AvgIpc) is 2.71. The van der Waals surface area contributed by atoms with E-state index in [1.54, 1.807) is 6.20 Å². The highest BCUT2D eigenvalue weighted by Crippen LogP contribution is 2.35. The Balaban J connectivity index is 1.88. The summed E-state index contributed by atoms with van der Waals surface area (Å²) in [7, 11) is 0.